The van der Waals surface area contributed by atoms with Gasteiger partial charge in [0.05, 0.1) is 25.4 Å². The van der Waals surface area contributed by atoms with Gasteiger partial charge in [-0.25, -0.2) is 0 Å². The average Bonchev–Trinajstić information content (AvgIpc) is 3.67. The first-order valence-corrected chi connectivity index (χ1v) is 14.7. The Morgan fingerprint density at radius 1 is 1.00 bits per heavy atom. The minimum Gasteiger partial charge on any atom is -0.392 e. The number of aliphatic hydroxyl groups is 1. The van der Waals surface area contributed by atoms with Crippen molar-refractivity contribution in [1.82, 2.24) is 9.80 Å². The van der Waals surface area contributed by atoms with E-state index in [1.54, 1.807) is 31.4 Å². The number of benzene rings is 2. The minimum atomic E-state index is -5.03. The van der Waals surface area contributed by atoms with Crippen molar-refractivity contribution in [2.24, 2.45) is 0 Å². The molecule has 0 aliphatic carbocycles. The monoisotopic (exact) mass is 605 g/mol. The first-order valence-electron chi connectivity index (χ1n) is 14.7. The lowest BCUT2D eigenvalue weighted by Crippen LogP contribution is -2.48. The van der Waals surface area contributed by atoms with Gasteiger partial charge in [-0.05, 0) is 55.5 Å². The van der Waals surface area contributed by atoms with Crippen LogP contribution in [0, 0.1) is 0 Å². The van der Waals surface area contributed by atoms with Crippen LogP contribution in [-0.2, 0) is 30.4 Å². The van der Waals surface area contributed by atoms with Crippen LogP contribution < -0.4 is 5.32 Å². The largest absolute Gasteiger partial charge is 0.471 e. The van der Waals surface area contributed by atoms with Gasteiger partial charge in [0.1, 0.15) is 6.04 Å². The fraction of sp³-hybridized carbons (Fsp3) is 0.548. The minimum absolute atomic E-state index is 0.0453. The number of likely N-dealkylation sites (tertiary alicyclic amines) is 2. The molecule has 3 heterocycles. The van der Waals surface area contributed by atoms with Crippen molar-refractivity contribution in [3.63, 3.8) is 0 Å². The molecular formula is C31H38F3N3O6. The molecule has 3 aliphatic rings. The van der Waals surface area contributed by atoms with E-state index in [0.717, 1.165) is 42.6 Å². The Kier molecular flexibility index (Phi) is 10.0. The fourth-order valence-electron chi connectivity index (χ4n) is 6.21. The number of nitrogens with zero attached hydrogens (tertiary/aromatic N) is 2. The molecule has 2 aromatic carbocycles. The number of alkyl halides is 3. The van der Waals surface area contributed by atoms with Crippen molar-refractivity contribution < 1.29 is 42.1 Å². The Hall–Kier alpha value is -3.03. The molecule has 5 atom stereocenters. The highest BCUT2D eigenvalue weighted by Crippen LogP contribution is 2.39. The molecule has 234 valence electrons. The molecule has 3 aliphatic heterocycles. The fourth-order valence-corrected chi connectivity index (χ4v) is 6.21. The summed E-state index contributed by atoms with van der Waals surface area (Å²) < 4.78 is 57.2. The average molecular weight is 606 g/mol. The molecule has 2 N–H and O–H groups in total. The van der Waals surface area contributed by atoms with Gasteiger partial charge in [-0.3, -0.25) is 14.5 Å². The van der Waals surface area contributed by atoms with E-state index in [1.807, 2.05) is 24.3 Å². The molecule has 12 heteroatoms. The second kappa shape index (κ2) is 13.7. The van der Waals surface area contributed by atoms with Crippen LogP contribution in [0.25, 0.3) is 0 Å². The molecule has 0 unspecified atom stereocenters. The number of ether oxygens (including phenoxy) is 3. The lowest BCUT2D eigenvalue weighted by molar-refractivity contribution is -0.253. The zero-order chi connectivity index (χ0) is 30.6. The van der Waals surface area contributed by atoms with Gasteiger partial charge in [-0.1, -0.05) is 36.4 Å². The van der Waals surface area contributed by atoms with Crippen molar-refractivity contribution in [1.29, 1.82) is 0 Å². The van der Waals surface area contributed by atoms with Gasteiger partial charge < -0.3 is 29.5 Å². The molecule has 0 bridgehead atoms. The van der Waals surface area contributed by atoms with E-state index in [9.17, 15) is 27.9 Å². The normalized spacial score (nSPS) is 26.5. The van der Waals surface area contributed by atoms with Crippen LogP contribution in [0.2, 0.25) is 0 Å². The van der Waals surface area contributed by atoms with E-state index >= 15 is 0 Å². The zero-order valence-electron chi connectivity index (χ0n) is 24.1. The van der Waals surface area contributed by atoms with Crippen molar-refractivity contribution in [2.45, 2.75) is 75.5 Å². The number of hydrogen-bond donors (Lipinski definition) is 2. The molecule has 0 aromatic heterocycles. The molecule has 0 radical (unpaired) electrons. The van der Waals surface area contributed by atoms with Gasteiger partial charge in [0.2, 0.25) is 5.91 Å². The first-order chi connectivity index (χ1) is 20.7. The van der Waals surface area contributed by atoms with Gasteiger partial charge in [0.15, 0.2) is 6.29 Å². The highest BCUT2D eigenvalue weighted by atomic mass is 19.4. The molecule has 3 fully saturated rings. The van der Waals surface area contributed by atoms with Crippen LogP contribution in [0.4, 0.5) is 18.9 Å². The van der Waals surface area contributed by atoms with E-state index in [2.05, 4.69) is 10.2 Å². The first kappa shape index (κ1) is 31.4. The van der Waals surface area contributed by atoms with Crippen LogP contribution in [0.3, 0.4) is 0 Å². The van der Waals surface area contributed by atoms with Crippen LogP contribution in [0.1, 0.15) is 61.2 Å². The van der Waals surface area contributed by atoms with Gasteiger partial charge in [0.25, 0.3) is 0 Å². The van der Waals surface area contributed by atoms with Crippen molar-refractivity contribution in [2.75, 3.05) is 38.7 Å². The van der Waals surface area contributed by atoms with Crippen LogP contribution >= 0.6 is 0 Å². The summed E-state index contributed by atoms with van der Waals surface area (Å²) in [7, 11) is 1.71. The van der Waals surface area contributed by atoms with Crippen LogP contribution in [0.5, 0.6) is 0 Å². The summed E-state index contributed by atoms with van der Waals surface area (Å²) in [4.78, 5) is 27.6. The molecule has 2 amide bonds. The quantitative estimate of drug-likeness (QED) is 0.439. The second-order valence-corrected chi connectivity index (χ2v) is 11.4. The summed E-state index contributed by atoms with van der Waals surface area (Å²) in [5.74, 6) is -2.65. The van der Waals surface area contributed by atoms with Gasteiger partial charge in [-0.2, -0.15) is 13.2 Å². The third-order valence-corrected chi connectivity index (χ3v) is 8.42. The Balaban J connectivity index is 1.28. The summed E-state index contributed by atoms with van der Waals surface area (Å²) in [6.45, 7) is 2.20. The second-order valence-electron chi connectivity index (χ2n) is 11.4. The molecule has 5 rings (SSSR count). The number of carbonyl (C=O) groups excluding carboxylic acids is 2. The maximum Gasteiger partial charge on any atom is 0.471 e. The molecule has 0 saturated carbocycles. The van der Waals surface area contributed by atoms with Gasteiger partial charge in [-0.15, -0.1) is 0 Å². The zero-order valence-corrected chi connectivity index (χ0v) is 24.1. The maximum absolute atomic E-state index is 13.0. The van der Waals surface area contributed by atoms with Crippen molar-refractivity contribution in [3.8, 4) is 0 Å². The molecule has 2 aromatic rings. The number of aliphatic hydroxyl groups excluding tert-OH is 1. The molecule has 43 heavy (non-hydrogen) atoms. The van der Waals surface area contributed by atoms with Crippen molar-refractivity contribution >= 4 is 17.5 Å². The Bertz CT molecular complexity index is 1240. The van der Waals surface area contributed by atoms with Crippen LogP contribution in [-0.4, -0.2) is 84.4 Å². The van der Waals surface area contributed by atoms with E-state index in [1.165, 1.54) is 0 Å². The summed E-state index contributed by atoms with van der Waals surface area (Å²) in [6.07, 6.45) is -2.79. The summed E-state index contributed by atoms with van der Waals surface area (Å²) in [6, 6.07) is 13.6. The summed E-state index contributed by atoms with van der Waals surface area (Å²) in [5.41, 5.74) is 2.90. The number of halogens is 3. The Labute approximate surface area is 248 Å². The van der Waals surface area contributed by atoms with E-state index in [-0.39, 0.29) is 31.8 Å². The van der Waals surface area contributed by atoms with Gasteiger partial charge in [0, 0.05) is 43.9 Å². The molecule has 3 saturated heterocycles. The lowest BCUT2D eigenvalue weighted by atomic mass is 9.99. The van der Waals surface area contributed by atoms with Crippen molar-refractivity contribution in [3.05, 3.63) is 65.2 Å². The number of hydrogen-bond acceptors (Lipinski definition) is 7. The number of anilines is 1. The third kappa shape index (κ3) is 7.55. The Morgan fingerprint density at radius 2 is 1.70 bits per heavy atom. The number of methoxy groups -OCH3 is 1. The SMILES string of the molecule is COC[C@@H]1CCCN1C[C@H]1C[C@@H](c2ccc(CO)cc2)O[C@@H](c2ccc(NC(=O)[C@@H]3CCCN3C(=O)C(F)(F)F)cc2)O1. The Morgan fingerprint density at radius 3 is 2.37 bits per heavy atom. The van der Waals surface area contributed by atoms with E-state index in [4.69, 9.17) is 14.2 Å². The topological polar surface area (TPSA) is 101 Å². The van der Waals surface area contributed by atoms with Gasteiger partial charge >= 0.3 is 12.1 Å². The number of nitrogens with one attached hydrogen (secondary N) is 1. The lowest BCUT2D eigenvalue weighted by Gasteiger charge is -2.38. The maximum atomic E-state index is 13.0. The van der Waals surface area contributed by atoms with E-state index in [0.29, 0.717) is 36.1 Å². The third-order valence-electron chi connectivity index (χ3n) is 8.42. The molecule has 9 nitrogen and oxygen atoms in total. The predicted octanol–water partition coefficient (Wildman–Crippen LogP) is 4.33. The molecule has 0 spiro atoms. The number of carbonyl (C=O) groups is 2. The smallest absolute Gasteiger partial charge is 0.392 e. The summed E-state index contributed by atoms with van der Waals surface area (Å²) in [5, 5.41) is 12.1. The summed E-state index contributed by atoms with van der Waals surface area (Å²) >= 11 is 0. The van der Waals surface area contributed by atoms with E-state index < -0.39 is 30.3 Å². The highest BCUT2D eigenvalue weighted by Gasteiger charge is 2.47. The predicted molar refractivity (Wildman–Crippen MR) is 151 cm³/mol. The van der Waals surface area contributed by atoms with Crippen LogP contribution in [0.15, 0.2) is 48.5 Å². The number of rotatable bonds is 9. The molecular weight excluding hydrogens is 567 g/mol. The highest BCUT2D eigenvalue weighted by molar-refractivity contribution is 5.98. The standard InChI is InChI=1S/C31H38F3N3O6/c1-41-19-24-4-2-14-36(24)17-25-16-27(21-8-6-20(18-38)7-9-21)43-29(42-25)22-10-12-23(13-11-22)35-28(39)26-5-3-15-37(26)30(40)31(32,33)34/h6-13,24-27,29,38H,2-5,14-19H2,1H3,(H,35,39)/t24-,25+,26-,27-,29-/m0/s1. The number of amides is 2.